The highest BCUT2D eigenvalue weighted by atomic mass is 35.5. The van der Waals surface area contributed by atoms with Gasteiger partial charge in [-0.3, -0.25) is 4.90 Å². The van der Waals surface area contributed by atoms with Crippen LogP contribution in [0, 0.1) is 5.82 Å². The zero-order chi connectivity index (χ0) is 31.3. The summed E-state index contributed by atoms with van der Waals surface area (Å²) < 4.78 is 35.1. The average molecular weight is 637 g/mol. The summed E-state index contributed by atoms with van der Waals surface area (Å²) in [5.74, 6) is 1.08. The van der Waals surface area contributed by atoms with Crippen molar-refractivity contribution in [3.05, 3.63) is 82.0 Å². The molecular formula is C32H34ClFN6O5. The van der Waals surface area contributed by atoms with Crippen LogP contribution in [0.1, 0.15) is 55.1 Å². The second kappa shape index (κ2) is 11.8. The van der Waals surface area contributed by atoms with E-state index in [1.54, 1.807) is 32.4 Å². The molecule has 2 aromatic heterocycles. The number of aliphatic hydroxyl groups is 1. The van der Waals surface area contributed by atoms with Gasteiger partial charge in [0.15, 0.2) is 23.0 Å². The first-order chi connectivity index (χ1) is 21.7. The molecule has 13 heteroatoms. The number of hydrogen-bond donors (Lipinski definition) is 2. The number of aromatic nitrogens is 3. The van der Waals surface area contributed by atoms with Crippen LogP contribution in [-0.2, 0) is 28.5 Å². The SMILES string of the molecule is CO[C@@H](C)Cn1c(CN2CCC(c3cccc4c3OC(C)(c3ccc(Cl)cc3F)O4)CC2)nc2cc(C3=NOC(O)N3)cnc21. The summed E-state index contributed by atoms with van der Waals surface area (Å²) >= 11 is 5.98. The number of benzene rings is 2. The van der Waals surface area contributed by atoms with Gasteiger partial charge in [-0.25, -0.2) is 14.4 Å². The first-order valence-electron chi connectivity index (χ1n) is 15.0. The zero-order valence-electron chi connectivity index (χ0n) is 25.2. The van der Waals surface area contributed by atoms with Crippen molar-refractivity contribution in [2.75, 3.05) is 20.2 Å². The number of amidine groups is 1. The van der Waals surface area contributed by atoms with Gasteiger partial charge in [-0.15, -0.1) is 0 Å². The fraction of sp³-hybridized carbons (Fsp3) is 0.406. The van der Waals surface area contributed by atoms with E-state index in [-0.39, 0.29) is 12.0 Å². The highest BCUT2D eigenvalue weighted by molar-refractivity contribution is 6.30. The molecule has 3 aliphatic rings. The molecule has 7 rings (SSSR count). The Kier molecular flexibility index (Phi) is 7.76. The molecule has 11 nitrogen and oxygen atoms in total. The van der Waals surface area contributed by atoms with Gasteiger partial charge in [0.1, 0.15) is 17.2 Å². The van der Waals surface area contributed by atoms with Gasteiger partial charge in [0.05, 0.1) is 24.8 Å². The van der Waals surface area contributed by atoms with E-state index in [1.807, 2.05) is 25.1 Å². The van der Waals surface area contributed by atoms with Crippen molar-refractivity contribution in [1.82, 2.24) is 24.8 Å². The number of ether oxygens (including phenoxy) is 3. The molecule has 0 spiro atoms. The lowest BCUT2D eigenvalue weighted by Gasteiger charge is -2.32. The number of piperidine rings is 1. The predicted octanol–water partition coefficient (Wildman–Crippen LogP) is 4.84. The molecule has 0 aliphatic carbocycles. The number of aliphatic hydroxyl groups excluding tert-OH is 1. The maximum absolute atomic E-state index is 14.8. The molecule has 0 amide bonds. The molecule has 0 saturated carbocycles. The highest BCUT2D eigenvalue weighted by Gasteiger charge is 2.43. The minimum absolute atomic E-state index is 0.0350. The van der Waals surface area contributed by atoms with Crippen LogP contribution in [0.2, 0.25) is 5.02 Å². The summed E-state index contributed by atoms with van der Waals surface area (Å²) in [7, 11) is 1.69. The third-order valence-corrected chi connectivity index (χ3v) is 8.94. The number of para-hydroxylation sites is 1. The maximum atomic E-state index is 14.8. The van der Waals surface area contributed by atoms with Crippen LogP contribution in [-0.4, -0.2) is 63.1 Å². The Hall–Kier alpha value is -3.97. The number of likely N-dealkylation sites (tertiary alicyclic amines) is 1. The number of fused-ring (bicyclic) bond motifs is 2. The minimum atomic E-state index is -1.28. The smallest absolute Gasteiger partial charge is 0.304 e. The van der Waals surface area contributed by atoms with E-state index in [1.165, 1.54) is 6.07 Å². The maximum Gasteiger partial charge on any atom is 0.304 e. The normalized spacial score (nSPS) is 22.4. The van der Waals surface area contributed by atoms with Crippen LogP contribution >= 0.6 is 11.6 Å². The molecule has 45 heavy (non-hydrogen) atoms. The lowest BCUT2D eigenvalue weighted by atomic mass is 9.88. The van der Waals surface area contributed by atoms with Crippen LogP contribution < -0.4 is 14.8 Å². The molecule has 3 atom stereocenters. The van der Waals surface area contributed by atoms with E-state index in [9.17, 15) is 9.50 Å². The Bertz CT molecular complexity index is 1780. The average Bonchev–Trinajstić information content (AvgIpc) is 3.71. The largest absolute Gasteiger partial charge is 0.444 e. The zero-order valence-corrected chi connectivity index (χ0v) is 25.9. The van der Waals surface area contributed by atoms with E-state index in [4.69, 9.17) is 40.6 Å². The van der Waals surface area contributed by atoms with Crippen LogP contribution in [0.5, 0.6) is 11.5 Å². The first-order valence-corrected chi connectivity index (χ1v) is 15.3. The summed E-state index contributed by atoms with van der Waals surface area (Å²) in [6.07, 6.45) is 2.30. The van der Waals surface area contributed by atoms with Crippen molar-refractivity contribution in [3.8, 4) is 11.5 Å². The van der Waals surface area contributed by atoms with Crippen LogP contribution in [0.3, 0.4) is 0 Å². The second-order valence-electron chi connectivity index (χ2n) is 11.8. The van der Waals surface area contributed by atoms with E-state index in [2.05, 4.69) is 26.0 Å². The number of pyridine rings is 1. The van der Waals surface area contributed by atoms with E-state index >= 15 is 0 Å². The topological polar surface area (TPSA) is 115 Å². The fourth-order valence-corrected chi connectivity index (χ4v) is 6.44. The molecule has 2 aromatic carbocycles. The molecule has 4 aromatic rings. The molecule has 1 fully saturated rings. The summed E-state index contributed by atoms with van der Waals surface area (Å²) in [5, 5.41) is 16.6. The summed E-state index contributed by atoms with van der Waals surface area (Å²) in [6.45, 7) is 6.71. The number of imidazole rings is 1. The third-order valence-electron chi connectivity index (χ3n) is 8.71. The second-order valence-corrected chi connectivity index (χ2v) is 12.2. The van der Waals surface area contributed by atoms with E-state index < -0.39 is 18.0 Å². The van der Waals surface area contributed by atoms with Crippen LogP contribution in [0.4, 0.5) is 4.39 Å². The Labute approximate surface area is 264 Å². The number of halogens is 2. The van der Waals surface area contributed by atoms with Crippen molar-refractivity contribution >= 4 is 28.6 Å². The van der Waals surface area contributed by atoms with Crippen molar-refractivity contribution in [2.45, 2.75) is 64.0 Å². The van der Waals surface area contributed by atoms with E-state index in [0.29, 0.717) is 46.6 Å². The lowest BCUT2D eigenvalue weighted by molar-refractivity contribution is -0.0896. The number of oxime groups is 1. The minimum Gasteiger partial charge on any atom is -0.444 e. The monoisotopic (exact) mass is 636 g/mol. The van der Waals surface area contributed by atoms with Crippen molar-refractivity contribution in [2.24, 2.45) is 5.16 Å². The molecule has 0 radical (unpaired) electrons. The van der Waals surface area contributed by atoms with Gasteiger partial charge in [-0.2, -0.15) is 0 Å². The Morgan fingerprint density at radius 2 is 2.02 bits per heavy atom. The number of nitrogens with zero attached hydrogens (tertiary/aromatic N) is 5. The van der Waals surface area contributed by atoms with Crippen molar-refractivity contribution < 1.29 is 28.5 Å². The standard InChI is InChI=1S/C32H34ClFN6O5/c1-18(42-3)16-40-27(36-25-13-20(15-35-30(25)40)29-37-31(41)45-38-29)17-39-11-9-19(10-12-39)22-5-4-6-26-28(22)44-32(2,43-26)23-8-7-21(33)14-24(23)34/h4-8,13-15,18-19,31,41H,9-12,16-17H2,1-3H3,(H,37,38)/t18-,31?,32?/m0/s1. The summed E-state index contributed by atoms with van der Waals surface area (Å²) in [4.78, 5) is 16.9. The number of methoxy groups -OCH3 is 1. The molecule has 1 saturated heterocycles. The van der Waals surface area contributed by atoms with Crippen LogP contribution in [0.25, 0.3) is 11.2 Å². The lowest BCUT2D eigenvalue weighted by Crippen LogP contribution is -2.34. The molecule has 5 heterocycles. The number of nitrogens with one attached hydrogen (secondary N) is 1. The third kappa shape index (κ3) is 5.67. The molecule has 236 valence electrons. The quantitative estimate of drug-likeness (QED) is 0.280. The molecule has 3 aliphatic heterocycles. The Morgan fingerprint density at radius 1 is 1.20 bits per heavy atom. The summed E-state index contributed by atoms with van der Waals surface area (Å²) in [5.41, 5.74) is 3.52. The Morgan fingerprint density at radius 3 is 2.76 bits per heavy atom. The van der Waals surface area contributed by atoms with Gasteiger partial charge in [0, 0.05) is 36.4 Å². The van der Waals surface area contributed by atoms with Crippen molar-refractivity contribution in [1.29, 1.82) is 0 Å². The van der Waals surface area contributed by atoms with Gasteiger partial charge in [-0.05, 0) is 69.1 Å². The predicted molar refractivity (Wildman–Crippen MR) is 164 cm³/mol. The van der Waals surface area contributed by atoms with Crippen LogP contribution in [0.15, 0.2) is 53.8 Å². The molecular weight excluding hydrogens is 603 g/mol. The summed E-state index contributed by atoms with van der Waals surface area (Å²) in [6, 6.07) is 12.3. The molecule has 0 bridgehead atoms. The number of rotatable bonds is 8. The van der Waals surface area contributed by atoms with Gasteiger partial charge in [0.2, 0.25) is 0 Å². The van der Waals surface area contributed by atoms with E-state index in [0.717, 1.165) is 48.5 Å². The first kappa shape index (κ1) is 29.7. The molecule has 2 unspecified atom stereocenters. The van der Waals surface area contributed by atoms with Gasteiger partial charge >= 0.3 is 6.41 Å². The molecule has 2 N–H and O–H groups in total. The highest BCUT2D eigenvalue weighted by Crippen LogP contribution is 2.49. The van der Waals surface area contributed by atoms with Crippen molar-refractivity contribution in [3.63, 3.8) is 0 Å². The van der Waals surface area contributed by atoms with Gasteiger partial charge < -0.3 is 34.0 Å². The van der Waals surface area contributed by atoms with Gasteiger partial charge in [0.25, 0.3) is 5.79 Å². The van der Waals surface area contributed by atoms with Gasteiger partial charge in [-0.1, -0.05) is 28.9 Å². The Balaban J connectivity index is 1.08. The fourth-order valence-electron chi connectivity index (χ4n) is 6.28. The number of hydrogen-bond acceptors (Lipinski definition) is 10.